The van der Waals surface area contributed by atoms with Crippen molar-refractivity contribution >= 4 is 27.3 Å². The Morgan fingerprint density at radius 1 is 1.30 bits per heavy atom. The van der Waals surface area contributed by atoms with Crippen LogP contribution in [-0.4, -0.2) is 12.0 Å². The predicted octanol–water partition coefficient (Wildman–Crippen LogP) is 3.98. The minimum Gasteiger partial charge on any atom is -0.497 e. The fraction of sp³-hybridized carbons (Fsp3) is 0.143. The lowest BCUT2D eigenvalue weighted by Gasteiger charge is -2.09. The van der Waals surface area contributed by atoms with E-state index in [1.807, 2.05) is 24.3 Å². The molecule has 0 spiro atoms. The van der Waals surface area contributed by atoms with Crippen molar-refractivity contribution in [2.24, 2.45) is 0 Å². The Morgan fingerprint density at radius 3 is 2.75 bits per heavy atom. The number of methoxy groups -OCH3 is 1. The van der Waals surface area contributed by atoms with Crippen LogP contribution < -0.4 is 10.1 Å². The first-order valence-electron chi connectivity index (χ1n) is 5.91. The summed E-state index contributed by atoms with van der Waals surface area (Å²) in [5, 5.41) is 14.2. The van der Waals surface area contributed by atoms with Crippen LogP contribution in [0.2, 0.25) is 0 Å². The quantitative estimate of drug-likeness (QED) is 0.662. The standard InChI is InChI=1S/C14H13BrN2O3/c1-20-12-6-3-5-11(8-12)16-9-10-4-2-7-13(15)14(10)17(18)19/h2-8,16H,9H2,1H3. The molecule has 1 N–H and O–H groups in total. The molecule has 0 amide bonds. The Kier molecular flexibility index (Phi) is 4.57. The number of nitrogens with zero attached hydrogens (tertiary/aromatic N) is 1. The molecule has 5 nitrogen and oxygen atoms in total. The molecule has 0 heterocycles. The Bertz CT molecular complexity index is 632. The van der Waals surface area contributed by atoms with Gasteiger partial charge in [0.05, 0.1) is 22.1 Å². The highest BCUT2D eigenvalue weighted by Gasteiger charge is 2.17. The third-order valence-electron chi connectivity index (χ3n) is 2.81. The second kappa shape index (κ2) is 6.38. The minimum atomic E-state index is -0.382. The molecule has 2 aromatic rings. The molecule has 20 heavy (non-hydrogen) atoms. The molecule has 0 radical (unpaired) electrons. The van der Waals surface area contributed by atoms with Crippen LogP contribution in [-0.2, 0) is 6.54 Å². The van der Waals surface area contributed by atoms with Crippen LogP contribution in [0.4, 0.5) is 11.4 Å². The second-order valence-corrected chi connectivity index (χ2v) is 4.94. The van der Waals surface area contributed by atoms with Crippen molar-refractivity contribution in [2.75, 3.05) is 12.4 Å². The van der Waals surface area contributed by atoms with E-state index in [0.29, 0.717) is 16.6 Å². The lowest BCUT2D eigenvalue weighted by molar-refractivity contribution is -0.386. The van der Waals surface area contributed by atoms with Crippen LogP contribution >= 0.6 is 15.9 Å². The molecule has 0 aliphatic rings. The molecule has 0 saturated heterocycles. The van der Waals surface area contributed by atoms with Crippen molar-refractivity contribution < 1.29 is 9.66 Å². The van der Waals surface area contributed by atoms with Crippen LogP contribution in [0.25, 0.3) is 0 Å². The Balaban J connectivity index is 2.18. The Labute approximate surface area is 124 Å². The molecular formula is C14H13BrN2O3. The van der Waals surface area contributed by atoms with Crippen molar-refractivity contribution in [3.05, 3.63) is 62.6 Å². The third kappa shape index (κ3) is 3.27. The van der Waals surface area contributed by atoms with Crippen LogP contribution in [0, 0.1) is 10.1 Å². The molecule has 0 unspecified atom stereocenters. The smallest absolute Gasteiger partial charge is 0.288 e. The lowest BCUT2D eigenvalue weighted by atomic mass is 10.1. The molecule has 104 valence electrons. The maximum atomic E-state index is 11.1. The molecular weight excluding hydrogens is 324 g/mol. The number of rotatable bonds is 5. The van der Waals surface area contributed by atoms with Crippen molar-refractivity contribution in [1.29, 1.82) is 0 Å². The molecule has 0 aliphatic heterocycles. The largest absolute Gasteiger partial charge is 0.497 e. The van der Waals surface area contributed by atoms with E-state index >= 15 is 0 Å². The van der Waals surface area contributed by atoms with Gasteiger partial charge in [0.15, 0.2) is 0 Å². The zero-order valence-electron chi connectivity index (χ0n) is 10.8. The second-order valence-electron chi connectivity index (χ2n) is 4.09. The SMILES string of the molecule is COc1cccc(NCc2cccc(Br)c2[N+](=O)[O-])c1. The van der Waals surface area contributed by atoms with Crippen LogP contribution in [0.15, 0.2) is 46.9 Å². The summed E-state index contributed by atoms with van der Waals surface area (Å²) in [5.41, 5.74) is 1.55. The van der Waals surface area contributed by atoms with E-state index in [2.05, 4.69) is 21.2 Å². The number of nitro groups is 1. The summed E-state index contributed by atoms with van der Waals surface area (Å²) in [4.78, 5) is 10.7. The number of nitrogens with one attached hydrogen (secondary N) is 1. The van der Waals surface area contributed by atoms with Crippen molar-refractivity contribution in [3.63, 3.8) is 0 Å². The van der Waals surface area contributed by atoms with E-state index in [9.17, 15) is 10.1 Å². The van der Waals surface area contributed by atoms with Gasteiger partial charge in [-0.25, -0.2) is 0 Å². The van der Waals surface area contributed by atoms with Gasteiger partial charge in [-0.2, -0.15) is 0 Å². The fourth-order valence-electron chi connectivity index (χ4n) is 1.84. The van der Waals surface area contributed by atoms with Crippen LogP contribution in [0.5, 0.6) is 5.75 Å². The van der Waals surface area contributed by atoms with E-state index in [-0.39, 0.29) is 10.6 Å². The number of para-hydroxylation sites is 1. The van der Waals surface area contributed by atoms with Gasteiger partial charge in [-0.15, -0.1) is 0 Å². The molecule has 0 saturated carbocycles. The first-order valence-corrected chi connectivity index (χ1v) is 6.71. The summed E-state index contributed by atoms with van der Waals surface area (Å²) in [6.45, 7) is 0.364. The molecule has 0 bridgehead atoms. The summed E-state index contributed by atoms with van der Waals surface area (Å²) in [7, 11) is 1.60. The van der Waals surface area contributed by atoms with Crippen molar-refractivity contribution in [2.45, 2.75) is 6.54 Å². The summed E-state index contributed by atoms with van der Waals surface area (Å²) >= 11 is 3.21. The van der Waals surface area contributed by atoms with Gasteiger partial charge in [0.1, 0.15) is 5.75 Å². The zero-order valence-corrected chi connectivity index (χ0v) is 12.4. The van der Waals surface area contributed by atoms with Gasteiger partial charge in [0.25, 0.3) is 5.69 Å². The number of ether oxygens (including phenoxy) is 1. The lowest BCUT2D eigenvalue weighted by Crippen LogP contribution is -2.03. The van der Waals surface area contributed by atoms with Crippen LogP contribution in [0.1, 0.15) is 5.56 Å². The highest BCUT2D eigenvalue weighted by Crippen LogP contribution is 2.29. The van der Waals surface area contributed by atoms with Gasteiger partial charge >= 0.3 is 0 Å². The first-order chi connectivity index (χ1) is 9.61. The first kappa shape index (κ1) is 14.3. The zero-order chi connectivity index (χ0) is 14.5. The van der Waals surface area contributed by atoms with E-state index in [0.717, 1.165) is 11.4 Å². The molecule has 0 aromatic heterocycles. The number of benzene rings is 2. The van der Waals surface area contributed by atoms with Gasteiger partial charge in [0, 0.05) is 18.3 Å². The average Bonchev–Trinajstić information content (AvgIpc) is 2.45. The normalized spacial score (nSPS) is 10.1. The molecule has 6 heteroatoms. The van der Waals surface area contributed by atoms with Crippen molar-refractivity contribution in [3.8, 4) is 5.75 Å². The summed E-state index contributed by atoms with van der Waals surface area (Å²) in [6.07, 6.45) is 0. The summed E-state index contributed by atoms with van der Waals surface area (Å²) in [6, 6.07) is 12.6. The van der Waals surface area contributed by atoms with Gasteiger partial charge in [-0.05, 0) is 34.1 Å². The number of hydrogen-bond donors (Lipinski definition) is 1. The molecule has 2 rings (SSSR count). The fourth-order valence-corrected chi connectivity index (χ4v) is 2.39. The summed E-state index contributed by atoms with van der Waals surface area (Å²) in [5.74, 6) is 0.735. The highest BCUT2D eigenvalue weighted by molar-refractivity contribution is 9.10. The number of halogens is 1. The molecule has 0 aliphatic carbocycles. The van der Waals surface area contributed by atoms with E-state index in [1.54, 1.807) is 25.3 Å². The van der Waals surface area contributed by atoms with Gasteiger partial charge < -0.3 is 10.1 Å². The van der Waals surface area contributed by atoms with Gasteiger partial charge in [-0.1, -0.05) is 18.2 Å². The highest BCUT2D eigenvalue weighted by atomic mass is 79.9. The van der Waals surface area contributed by atoms with Gasteiger partial charge in [0.2, 0.25) is 0 Å². The molecule has 2 aromatic carbocycles. The number of hydrogen-bond acceptors (Lipinski definition) is 4. The van der Waals surface area contributed by atoms with Crippen molar-refractivity contribution in [1.82, 2.24) is 0 Å². The molecule has 0 atom stereocenters. The predicted molar refractivity (Wildman–Crippen MR) is 81.1 cm³/mol. The van der Waals surface area contributed by atoms with E-state index < -0.39 is 0 Å². The van der Waals surface area contributed by atoms with Crippen LogP contribution in [0.3, 0.4) is 0 Å². The number of anilines is 1. The minimum absolute atomic E-state index is 0.0860. The Hall–Kier alpha value is -2.08. The average molecular weight is 337 g/mol. The maximum absolute atomic E-state index is 11.1. The van der Waals surface area contributed by atoms with E-state index in [4.69, 9.17) is 4.74 Å². The third-order valence-corrected chi connectivity index (χ3v) is 3.45. The monoisotopic (exact) mass is 336 g/mol. The van der Waals surface area contributed by atoms with E-state index in [1.165, 1.54) is 0 Å². The topological polar surface area (TPSA) is 64.4 Å². The maximum Gasteiger partial charge on any atom is 0.288 e. The summed E-state index contributed by atoms with van der Waals surface area (Å²) < 4.78 is 5.61. The van der Waals surface area contributed by atoms with Gasteiger partial charge in [-0.3, -0.25) is 10.1 Å². The Morgan fingerprint density at radius 2 is 2.05 bits per heavy atom. The molecule has 0 fully saturated rings. The number of nitro benzene ring substituents is 1.